The molecule has 0 radical (unpaired) electrons. The molecule has 0 aliphatic carbocycles. The van der Waals surface area contributed by atoms with Crippen molar-refractivity contribution in [2.75, 3.05) is 13.1 Å². The Kier molecular flexibility index (Phi) is 4.29. The third-order valence-electron chi connectivity index (χ3n) is 4.19. The summed E-state index contributed by atoms with van der Waals surface area (Å²) >= 11 is 0. The van der Waals surface area contributed by atoms with Gasteiger partial charge < -0.3 is 13.7 Å². The quantitative estimate of drug-likeness (QED) is 0.716. The van der Waals surface area contributed by atoms with Crippen LogP contribution in [0.3, 0.4) is 0 Å². The Hall–Kier alpha value is -2.60. The van der Waals surface area contributed by atoms with Gasteiger partial charge in [0.2, 0.25) is 11.7 Å². The fourth-order valence-electron chi connectivity index (χ4n) is 2.90. The molecule has 1 aliphatic heterocycles. The van der Waals surface area contributed by atoms with E-state index in [0.29, 0.717) is 18.3 Å². The highest BCUT2D eigenvalue weighted by molar-refractivity contribution is 5.51. The van der Waals surface area contributed by atoms with Crippen molar-refractivity contribution < 1.29 is 13.7 Å². The number of hydrogen-bond donors (Lipinski definition) is 0. The molecule has 124 valence electrons. The Balaban J connectivity index is 1.29. The molecule has 24 heavy (non-hydrogen) atoms. The Bertz CT molecular complexity index is 747. The van der Waals surface area contributed by atoms with Crippen molar-refractivity contribution in [3.63, 3.8) is 0 Å². The zero-order chi connectivity index (χ0) is 16.2. The summed E-state index contributed by atoms with van der Waals surface area (Å²) in [7, 11) is 0. The molecule has 3 aromatic rings. The number of piperidine rings is 1. The van der Waals surface area contributed by atoms with Gasteiger partial charge in [-0.15, -0.1) is 0 Å². The van der Waals surface area contributed by atoms with Gasteiger partial charge in [-0.1, -0.05) is 23.4 Å². The van der Waals surface area contributed by atoms with Crippen LogP contribution in [0.4, 0.5) is 0 Å². The molecule has 2 aromatic heterocycles. The summed E-state index contributed by atoms with van der Waals surface area (Å²) in [5.41, 5.74) is 0.833. The number of rotatable bonds is 5. The van der Waals surface area contributed by atoms with E-state index in [9.17, 15) is 0 Å². The van der Waals surface area contributed by atoms with E-state index < -0.39 is 0 Å². The molecule has 0 N–H and O–H groups in total. The largest absolute Gasteiger partial charge is 0.490 e. The Morgan fingerprint density at radius 2 is 1.96 bits per heavy atom. The molecule has 0 saturated carbocycles. The number of hydrogen-bond acceptors (Lipinski definition) is 6. The summed E-state index contributed by atoms with van der Waals surface area (Å²) in [6.07, 6.45) is 5.48. The van der Waals surface area contributed by atoms with Crippen LogP contribution in [0.5, 0.6) is 5.75 Å². The average Bonchev–Trinajstić information content (AvgIpc) is 3.29. The number of para-hydroxylation sites is 1. The molecule has 6 nitrogen and oxygen atoms in total. The molecule has 1 aliphatic rings. The normalized spacial score (nSPS) is 16.3. The summed E-state index contributed by atoms with van der Waals surface area (Å²) in [6.45, 7) is 2.59. The standard InChI is InChI=1S/C18H19N3O3/c1-2-4-15(5-3-1)23-16-6-9-21(10-7-16)12-17-19-18(20-24-17)14-8-11-22-13-14/h1-5,8,11,13,16H,6-7,9-10,12H2. The van der Waals surface area contributed by atoms with Crippen LogP contribution in [-0.4, -0.2) is 34.2 Å². The first-order valence-corrected chi connectivity index (χ1v) is 8.16. The third-order valence-corrected chi connectivity index (χ3v) is 4.19. The molecule has 1 saturated heterocycles. The lowest BCUT2D eigenvalue weighted by Gasteiger charge is -2.31. The lowest BCUT2D eigenvalue weighted by atomic mass is 10.1. The molecule has 0 spiro atoms. The lowest BCUT2D eigenvalue weighted by molar-refractivity contribution is 0.0904. The first-order valence-electron chi connectivity index (χ1n) is 8.16. The van der Waals surface area contributed by atoms with Crippen molar-refractivity contribution in [2.24, 2.45) is 0 Å². The van der Waals surface area contributed by atoms with Gasteiger partial charge in [-0.3, -0.25) is 4.90 Å². The van der Waals surface area contributed by atoms with Crippen molar-refractivity contribution in [3.05, 3.63) is 54.8 Å². The molecular weight excluding hydrogens is 306 g/mol. The second-order valence-corrected chi connectivity index (χ2v) is 5.93. The van der Waals surface area contributed by atoms with Crippen molar-refractivity contribution >= 4 is 0 Å². The minimum Gasteiger partial charge on any atom is -0.490 e. The summed E-state index contributed by atoms with van der Waals surface area (Å²) in [5, 5.41) is 4.00. The first kappa shape index (κ1) is 15.0. The molecule has 0 bridgehead atoms. The van der Waals surface area contributed by atoms with Gasteiger partial charge in [0.25, 0.3) is 0 Å². The highest BCUT2D eigenvalue weighted by Gasteiger charge is 2.22. The Morgan fingerprint density at radius 3 is 2.71 bits per heavy atom. The maximum absolute atomic E-state index is 6.02. The van der Waals surface area contributed by atoms with E-state index in [0.717, 1.165) is 37.2 Å². The van der Waals surface area contributed by atoms with Crippen LogP contribution in [0.25, 0.3) is 11.4 Å². The van der Waals surface area contributed by atoms with Gasteiger partial charge in [0.1, 0.15) is 18.1 Å². The molecule has 0 amide bonds. The van der Waals surface area contributed by atoms with Gasteiger partial charge >= 0.3 is 0 Å². The van der Waals surface area contributed by atoms with Crippen molar-refractivity contribution in [1.29, 1.82) is 0 Å². The Morgan fingerprint density at radius 1 is 1.12 bits per heavy atom. The van der Waals surface area contributed by atoms with Gasteiger partial charge in [0, 0.05) is 13.1 Å². The van der Waals surface area contributed by atoms with Gasteiger partial charge in [0.15, 0.2) is 0 Å². The van der Waals surface area contributed by atoms with Crippen LogP contribution >= 0.6 is 0 Å². The van der Waals surface area contributed by atoms with Crippen LogP contribution in [0.2, 0.25) is 0 Å². The van der Waals surface area contributed by atoms with Gasteiger partial charge in [-0.05, 0) is 31.0 Å². The van der Waals surface area contributed by atoms with E-state index in [-0.39, 0.29) is 6.10 Å². The molecule has 3 heterocycles. The maximum Gasteiger partial charge on any atom is 0.241 e. The van der Waals surface area contributed by atoms with Crippen LogP contribution < -0.4 is 4.74 Å². The van der Waals surface area contributed by atoms with Gasteiger partial charge in [-0.2, -0.15) is 4.98 Å². The predicted octanol–water partition coefficient (Wildman–Crippen LogP) is 3.37. The van der Waals surface area contributed by atoms with E-state index in [4.69, 9.17) is 13.7 Å². The molecule has 1 fully saturated rings. The highest BCUT2D eigenvalue weighted by Crippen LogP contribution is 2.21. The van der Waals surface area contributed by atoms with E-state index in [1.807, 2.05) is 36.4 Å². The zero-order valence-electron chi connectivity index (χ0n) is 13.3. The van der Waals surface area contributed by atoms with Crippen molar-refractivity contribution in [1.82, 2.24) is 15.0 Å². The number of furan rings is 1. The molecule has 4 rings (SSSR count). The van der Waals surface area contributed by atoms with Gasteiger partial charge in [0.05, 0.1) is 18.4 Å². The topological polar surface area (TPSA) is 64.5 Å². The van der Waals surface area contributed by atoms with Crippen molar-refractivity contribution in [2.45, 2.75) is 25.5 Å². The highest BCUT2D eigenvalue weighted by atomic mass is 16.5. The van der Waals surface area contributed by atoms with Crippen LogP contribution in [0, 0.1) is 0 Å². The number of aromatic nitrogens is 2. The first-order chi connectivity index (χ1) is 11.9. The average molecular weight is 325 g/mol. The van der Waals surface area contributed by atoms with E-state index in [2.05, 4.69) is 15.0 Å². The summed E-state index contributed by atoms with van der Waals surface area (Å²) < 4.78 is 16.4. The van der Waals surface area contributed by atoms with Crippen molar-refractivity contribution in [3.8, 4) is 17.1 Å². The summed E-state index contributed by atoms with van der Waals surface area (Å²) in [5.74, 6) is 2.15. The molecule has 1 aromatic carbocycles. The summed E-state index contributed by atoms with van der Waals surface area (Å²) in [4.78, 5) is 6.74. The molecule has 0 atom stereocenters. The second kappa shape index (κ2) is 6.88. The molecule has 0 unspecified atom stereocenters. The Labute approximate surface area is 140 Å². The predicted molar refractivity (Wildman–Crippen MR) is 87.4 cm³/mol. The minimum atomic E-state index is 0.271. The molecule has 6 heteroatoms. The zero-order valence-corrected chi connectivity index (χ0v) is 13.3. The van der Waals surface area contributed by atoms with E-state index in [1.165, 1.54) is 0 Å². The number of nitrogens with zero attached hydrogens (tertiary/aromatic N) is 3. The van der Waals surface area contributed by atoms with E-state index >= 15 is 0 Å². The molecular formula is C18H19N3O3. The smallest absolute Gasteiger partial charge is 0.241 e. The third kappa shape index (κ3) is 3.49. The number of likely N-dealkylation sites (tertiary alicyclic amines) is 1. The maximum atomic E-state index is 6.02. The van der Waals surface area contributed by atoms with E-state index in [1.54, 1.807) is 12.5 Å². The number of ether oxygens (including phenoxy) is 1. The summed E-state index contributed by atoms with van der Waals surface area (Å²) in [6, 6.07) is 11.8. The fourth-order valence-corrected chi connectivity index (χ4v) is 2.90. The second-order valence-electron chi connectivity index (χ2n) is 5.93. The monoisotopic (exact) mass is 325 g/mol. The minimum absolute atomic E-state index is 0.271. The van der Waals surface area contributed by atoms with Crippen LogP contribution in [0.1, 0.15) is 18.7 Å². The fraction of sp³-hybridized carbons (Fsp3) is 0.333. The SMILES string of the molecule is c1ccc(OC2CCN(Cc3nc(-c4ccoc4)no3)CC2)cc1. The van der Waals surface area contributed by atoms with Crippen LogP contribution in [0.15, 0.2) is 57.9 Å². The van der Waals surface area contributed by atoms with Crippen LogP contribution in [-0.2, 0) is 6.54 Å². The van der Waals surface area contributed by atoms with Gasteiger partial charge in [-0.25, -0.2) is 0 Å². The lowest BCUT2D eigenvalue weighted by Crippen LogP contribution is -2.37. The number of benzene rings is 1.